The number of nitrogens with two attached hydrogens (primary N) is 1. The second-order valence-electron chi connectivity index (χ2n) is 3.61. The van der Waals surface area contributed by atoms with Crippen molar-refractivity contribution in [1.29, 1.82) is 0 Å². The van der Waals surface area contributed by atoms with E-state index >= 15 is 0 Å². The van der Waals surface area contributed by atoms with Crippen LogP contribution in [0.3, 0.4) is 0 Å². The van der Waals surface area contributed by atoms with Crippen molar-refractivity contribution in [2.24, 2.45) is 11.7 Å². The van der Waals surface area contributed by atoms with E-state index in [1.54, 1.807) is 11.3 Å². The second-order valence-corrected chi connectivity index (χ2v) is 4.50. The van der Waals surface area contributed by atoms with E-state index in [1.165, 1.54) is 12.8 Å². The Morgan fingerprint density at radius 1 is 1.75 bits per heavy atom. The largest absolute Gasteiger partial charge is 0.322 e. The average Bonchev–Trinajstić information content (AvgIpc) is 2.72. The molecule has 1 fully saturated rings. The highest BCUT2D eigenvalue weighted by Crippen LogP contribution is 2.37. The van der Waals surface area contributed by atoms with Gasteiger partial charge in [0.15, 0.2) is 0 Å². The minimum atomic E-state index is 0.191. The third-order valence-electron chi connectivity index (χ3n) is 2.24. The number of hydrogen-bond donors (Lipinski definition) is 1. The van der Waals surface area contributed by atoms with Gasteiger partial charge in [-0.1, -0.05) is 12.8 Å². The molecule has 1 aromatic heterocycles. The molecule has 0 spiro atoms. The van der Waals surface area contributed by atoms with E-state index < -0.39 is 0 Å². The van der Waals surface area contributed by atoms with Crippen LogP contribution in [0.2, 0.25) is 0 Å². The van der Waals surface area contributed by atoms with Crippen molar-refractivity contribution in [2.75, 3.05) is 0 Å². The van der Waals surface area contributed by atoms with Gasteiger partial charge < -0.3 is 5.73 Å². The van der Waals surface area contributed by atoms with Crippen LogP contribution < -0.4 is 5.73 Å². The van der Waals surface area contributed by atoms with Crippen molar-refractivity contribution in [3.05, 3.63) is 16.1 Å². The Labute approximate surface area is 76.8 Å². The van der Waals surface area contributed by atoms with Crippen LogP contribution in [0.25, 0.3) is 0 Å². The summed E-state index contributed by atoms with van der Waals surface area (Å²) in [5, 5.41) is 3.18. The molecule has 0 aliphatic heterocycles. The monoisotopic (exact) mass is 182 g/mol. The van der Waals surface area contributed by atoms with E-state index in [-0.39, 0.29) is 6.04 Å². The first-order valence-corrected chi connectivity index (χ1v) is 5.31. The lowest BCUT2D eigenvalue weighted by Gasteiger charge is -2.05. The van der Waals surface area contributed by atoms with Crippen molar-refractivity contribution < 1.29 is 0 Å². The van der Waals surface area contributed by atoms with Gasteiger partial charge in [0.1, 0.15) is 5.01 Å². The molecule has 2 N–H and O–H groups in total. The lowest BCUT2D eigenvalue weighted by Crippen LogP contribution is -2.10. The van der Waals surface area contributed by atoms with E-state index in [9.17, 15) is 0 Å². The first-order chi connectivity index (χ1) is 5.75. The molecular weight excluding hydrogens is 168 g/mol. The molecule has 0 radical (unpaired) electrons. The summed E-state index contributed by atoms with van der Waals surface area (Å²) in [5.74, 6) is 0.893. The van der Waals surface area contributed by atoms with Gasteiger partial charge in [-0.25, -0.2) is 4.98 Å². The summed E-state index contributed by atoms with van der Waals surface area (Å²) in [6, 6.07) is 0.191. The molecule has 12 heavy (non-hydrogen) atoms. The molecule has 1 unspecified atom stereocenters. The Balaban J connectivity index is 1.97. The zero-order chi connectivity index (χ0) is 8.55. The lowest BCUT2D eigenvalue weighted by atomic mass is 10.1. The molecule has 0 saturated heterocycles. The molecule has 1 saturated carbocycles. The van der Waals surface area contributed by atoms with Crippen LogP contribution in [0, 0.1) is 12.8 Å². The highest BCUT2D eigenvalue weighted by molar-refractivity contribution is 7.09. The standard InChI is InChI=1S/C9H14N2S/c1-6-5-12-9(11-6)8(10)4-7-2-3-7/h5,7-8H,2-4,10H2,1H3. The predicted octanol–water partition coefficient (Wildman–Crippen LogP) is 2.25. The molecule has 0 aromatic carbocycles. The van der Waals surface area contributed by atoms with Gasteiger partial charge in [-0.3, -0.25) is 0 Å². The lowest BCUT2D eigenvalue weighted by molar-refractivity contribution is 0.593. The summed E-state index contributed by atoms with van der Waals surface area (Å²) in [6.07, 6.45) is 3.88. The summed E-state index contributed by atoms with van der Waals surface area (Å²) in [6.45, 7) is 2.02. The van der Waals surface area contributed by atoms with Gasteiger partial charge in [0, 0.05) is 11.1 Å². The number of aryl methyl sites for hydroxylation is 1. The molecule has 2 nitrogen and oxygen atoms in total. The summed E-state index contributed by atoms with van der Waals surface area (Å²) in [5.41, 5.74) is 7.10. The molecule has 66 valence electrons. The Kier molecular flexibility index (Phi) is 2.15. The van der Waals surface area contributed by atoms with Gasteiger partial charge in [-0.15, -0.1) is 11.3 Å². The van der Waals surface area contributed by atoms with Gasteiger partial charge >= 0.3 is 0 Å². The predicted molar refractivity (Wildman–Crippen MR) is 51.1 cm³/mol. The van der Waals surface area contributed by atoms with Crippen molar-refractivity contribution in [3.63, 3.8) is 0 Å². The van der Waals surface area contributed by atoms with Crippen LogP contribution in [0.4, 0.5) is 0 Å². The maximum atomic E-state index is 6.00. The fourth-order valence-corrected chi connectivity index (χ4v) is 2.17. The highest BCUT2D eigenvalue weighted by Gasteiger charge is 2.25. The van der Waals surface area contributed by atoms with Crippen molar-refractivity contribution in [3.8, 4) is 0 Å². The summed E-state index contributed by atoms with van der Waals surface area (Å²) >= 11 is 1.69. The summed E-state index contributed by atoms with van der Waals surface area (Å²) in [4.78, 5) is 4.38. The highest BCUT2D eigenvalue weighted by atomic mass is 32.1. The number of hydrogen-bond acceptors (Lipinski definition) is 3. The number of aromatic nitrogens is 1. The maximum absolute atomic E-state index is 6.00. The fraction of sp³-hybridized carbons (Fsp3) is 0.667. The normalized spacial score (nSPS) is 19.5. The van der Waals surface area contributed by atoms with E-state index in [2.05, 4.69) is 10.4 Å². The van der Waals surface area contributed by atoms with Crippen LogP contribution >= 0.6 is 11.3 Å². The molecule has 2 rings (SSSR count). The SMILES string of the molecule is Cc1csc(C(N)CC2CC2)n1. The maximum Gasteiger partial charge on any atom is 0.110 e. The summed E-state index contributed by atoms with van der Waals surface area (Å²) in [7, 11) is 0. The van der Waals surface area contributed by atoms with Gasteiger partial charge in [0.05, 0.1) is 6.04 Å². The number of thiazole rings is 1. The molecule has 1 aromatic rings. The topological polar surface area (TPSA) is 38.9 Å². The van der Waals surface area contributed by atoms with E-state index in [0.29, 0.717) is 0 Å². The Morgan fingerprint density at radius 3 is 3.00 bits per heavy atom. The van der Waals surface area contributed by atoms with Crippen LogP contribution in [-0.2, 0) is 0 Å². The zero-order valence-corrected chi connectivity index (χ0v) is 8.10. The molecule has 1 heterocycles. The van der Waals surface area contributed by atoms with Crippen molar-refractivity contribution in [1.82, 2.24) is 4.98 Å². The van der Waals surface area contributed by atoms with Gasteiger partial charge in [-0.05, 0) is 19.3 Å². The number of rotatable bonds is 3. The average molecular weight is 182 g/mol. The summed E-state index contributed by atoms with van der Waals surface area (Å²) < 4.78 is 0. The minimum absolute atomic E-state index is 0.191. The molecule has 0 bridgehead atoms. The molecular formula is C9H14N2S. The van der Waals surface area contributed by atoms with E-state index in [1.807, 2.05) is 6.92 Å². The van der Waals surface area contributed by atoms with Crippen LogP contribution in [0.5, 0.6) is 0 Å². The van der Waals surface area contributed by atoms with Crippen LogP contribution in [0.15, 0.2) is 5.38 Å². The van der Waals surface area contributed by atoms with Crippen molar-refractivity contribution in [2.45, 2.75) is 32.2 Å². The third kappa shape index (κ3) is 1.84. The quantitative estimate of drug-likeness (QED) is 0.778. The van der Waals surface area contributed by atoms with Crippen LogP contribution in [0.1, 0.15) is 36.0 Å². The molecule has 1 atom stereocenters. The first-order valence-electron chi connectivity index (χ1n) is 4.43. The van der Waals surface area contributed by atoms with Crippen LogP contribution in [-0.4, -0.2) is 4.98 Å². The first kappa shape index (κ1) is 8.20. The Bertz CT molecular complexity index is 265. The van der Waals surface area contributed by atoms with Gasteiger partial charge in [-0.2, -0.15) is 0 Å². The van der Waals surface area contributed by atoms with E-state index in [0.717, 1.165) is 23.0 Å². The number of nitrogens with zero attached hydrogens (tertiary/aromatic N) is 1. The van der Waals surface area contributed by atoms with Gasteiger partial charge in [0.2, 0.25) is 0 Å². The molecule has 1 aliphatic carbocycles. The molecule has 1 aliphatic rings. The second kappa shape index (κ2) is 3.15. The third-order valence-corrected chi connectivity index (χ3v) is 3.33. The smallest absolute Gasteiger partial charge is 0.110 e. The fourth-order valence-electron chi connectivity index (χ4n) is 1.36. The Hall–Kier alpha value is -0.410. The molecule has 0 amide bonds. The minimum Gasteiger partial charge on any atom is -0.322 e. The Morgan fingerprint density at radius 2 is 2.50 bits per heavy atom. The van der Waals surface area contributed by atoms with Gasteiger partial charge in [0.25, 0.3) is 0 Å². The van der Waals surface area contributed by atoms with E-state index in [4.69, 9.17) is 5.73 Å². The van der Waals surface area contributed by atoms with Crippen molar-refractivity contribution >= 4 is 11.3 Å². The zero-order valence-electron chi connectivity index (χ0n) is 7.29. The molecule has 3 heteroatoms.